The molecule has 0 unspecified atom stereocenters. The summed E-state index contributed by atoms with van der Waals surface area (Å²) in [5.41, 5.74) is -1.10. The van der Waals surface area contributed by atoms with E-state index in [1.807, 2.05) is 5.10 Å². The van der Waals surface area contributed by atoms with Crippen LogP contribution < -0.4 is 11.1 Å². The summed E-state index contributed by atoms with van der Waals surface area (Å²) in [6, 6.07) is 6.49. The number of H-pyrrole nitrogens is 2. The van der Waals surface area contributed by atoms with Crippen LogP contribution in [0, 0.1) is 0 Å². The molecule has 2 aromatic rings. The molecular weight excluding hydrogens is 290 g/mol. The van der Waals surface area contributed by atoms with Crippen molar-refractivity contribution in [1.82, 2.24) is 15.2 Å². The molecule has 19 heavy (non-hydrogen) atoms. The van der Waals surface area contributed by atoms with E-state index in [0.717, 1.165) is 11.8 Å². The Labute approximate surface area is 116 Å². The Morgan fingerprint density at radius 3 is 2.53 bits per heavy atom. The third-order valence-electron chi connectivity index (χ3n) is 2.19. The molecule has 0 aliphatic heterocycles. The molecule has 0 spiro atoms. The van der Waals surface area contributed by atoms with Crippen molar-refractivity contribution in [3.8, 4) is 0 Å². The number of carbonyl (C=O) groups is 1. The lowest BCUT2D eigenvalue weighted by Gasteiger charge is -2.00. The van der Waals surface area contributed by atoms with Crippen molar-refractivity contribution >= 4 is 29.1 Å². The topological polar surface area (TPSA) is 95.7 Å². The Kier molecular flexibility index (Phi) is 4.18. The summed E-state index contributed by atoms with van der Waals surface area (Å²) < 4.78 is 0. The van der Waals surface area contributed by atoms with E-state index in [-0.39, 0.29) is 16.7 Å². The molecule has 0 atom stereocenters. The van der Waals surface area contributed by atoms with E-state index in [2.05, 4.69) is 10.1 Å². The second-order valence-corrected chi connectivity index (χ2v) is 4.93. The van der Waals surface area contributed by atoms with Gasteiger partial charge in [-0.2, -0.15) is 0 Å². The van der Waals surface area contributed by atoms with Crippen molar-refractivity contribution in [1.29, 1.82) is 0 Å². The van der Waals surface area contributed by atoms with E-state index in [9.17, 15) is 14.4 Å². The Morgan fingerprint density at radius 1 is 1.21 bits per heavy atom. The highest BCUT2D eigenvalue weighted by molar-refractivity contribution is 7.99. The number of thioether (sulfide) groups is 1. The largest absolute Gasteiger partial charge is 0.329 e. The van der Waals surface area contributed by atoms with E-state index in [1.165, 1.54) is 0 Å². The number of aromatic amines is 2. The zero-order chi connectivity index (χ0) is 13.8. The van der Waals surface area contributed by atoms with Crippen molar-refractivity contribution < 1.29 is 4.79 Å². The average molecular weight is 298 g/mol. The van der Waals surface area contributed by atoms with Crippen LogP contribution in [0.25, 0.3) is 0 Å². The van der Waals surface area contributed by atoms with Crippen LogP contribution >= 0.6 is 23.4 Å². The SMILES string of the molecule is O=C(CSc1n[nH]c(=O)c(=O)[nH]1)c1ccc(Cl)cc1. The first-order valence-corrected chi connectivity index (χ1v) is 6.53. The highest BCUT2D eigenvalue weighted by Gasteiger charge is 2.08. The fraction of sp³-hybridized carbons (Fsp3) is 0.0909. The predicted octanol–water partition coefficient (Wildman–Crippen LogP) is 1.09. The van der Waals surface area contributed by atoms with Gasteiger partial charge < -0.3 is 0 Å². The standard InChI is InChI=1S/C11H8ClN3O3S/c12-7-3-1-6(2-4-7)8(16)5-19-11-13-9(17)10(18)14-15-11/h1-4H,5H2,(H,14,18)(H,13,15,17). The van der Waals surface area contributed by atoms with Crippen LogP contribution in [-0.4, -0.2) is 26.7 Å². The summed E-state index contributed by atoms with van der Waals surface area (Å²) in [5, 5.41) is 6.39. The van der Waals surface area contributed by atoms with Gasteiger partial charge in [0.05, 0.1) is 5.75 Å². The van der Waals surface area contributed by atoms with E-state index >= 15 is 0 Å². The lowest BCUT2D eigenvalue weighted by molar-refractivity contribution is 0.102. The lowest BCUT2D eigenvalue weighted by atomic mass is 10.1. The first-order valence-electron chi connectivity index (χ1n) is 5.17. The van der Waals surface area contributed by atoms with Crippen molar-refractivity contribution in [2.24, 2.45) is 0 Å². The van der Waals surface area contributed by atoms with E-state index in [0.29, 0.717) is 10.6 Å². The van der Waals surface area contributed by atoms with Crippen molar-refractivity contribution in [3.63, 3.8) is 0 Å². The van der Waals surface area contributed by atoms with E-state index in [1.54, 1.807) is 24.3 Å². The minimum atomic E-state index is -0.826. The molecule has 0 saturated heterocycles. The maximum absolute atomic E-state index is 11.8. The maximum atomic E-state index is 11.8. The van der Waals surface area contributed by atoms with Gasteiger partial charge in [0.1, 0.15) is 0 Å². The molecule has 0 saturated carbocycles. The molecule has 1 heterocycles. The Bertz CT molecular complexity index is 708. The molecule has 0 amide bonds. The number of ketones is 1. The zero-order valence-corrected chi connectivity index (χ0v) is 11.0. The molecule has 0 aliphatic carbocycles. The van der Waals surface area contributed by atoms with Gasteiger partial charge in [0.25, 0.3) is 0 Å². The smallest absolute Gasteiger partial charge is 0.295 e. The Morgan fingerprint density at radius 2 is 1.89 bits per heavy atom. The minimum Gasteiger partial charge on any atom is -0.295 e. The van der Waals surface area contributed by atoms with Crippen LogP contribution in [0.2, 0.25) is 5.02 Å². The van der Waals surface area contributed by atoms with Crippen LogP contribution in [0.5, 0.6) is 0 Å². The molecular formula is C11H8ClN3O3S. The van der Waals surface area contributed by atoms with Gasteiger partial charge >= 0.3 is 11.1 Å². The minimum absolute atomic E-state index is 0.0939. The average Bonchev–Trinajstić information content (AvgIpc) is 2.40. The molecule has 2 rings (SSSR count). The van der Waals surface area contributed by atoms with Crippen LogP contribution in [0.4, 0.5) is 0 Å². The van der Waals surface area contributed by atoms with Gasteiger partial charge in [-0.25, -0.2) is 5.10 Å². The maximum Gasteiger partial charge on any atom is 0.329 e. The number of aromatic nitrogens is 3. The van der Waals surface area contributed by atoms with Gasteiger partial charge in [0.2, 0.25) is 0 Å². The van der Waals surface area contributed by atoms with Crippen molar-refractivity contribution in [2.45, 2.75) is 5.16 Å². The number of halogens is 1. The quantitative estimate of drug-likeness (QED) is 0.500. The number of Topliss-reactive ketones (excluding diaryl/α,β-unsaturated/α-hetero) is 1. The molecule has 6 nitrogen and oxygen atoms in total. The summed E-state index contributed by atoms with van der Waals surface area (Å²) in [6.07, 6.45) is 0. The number of nitrogens with zero attached hydrogens (tertiary/aromatic N) is 1. The van der Waals surface area contributed by atoms with E-state index < -0.39 is 11.1 Å². The van der Waals surface area contributed by atoms with Gasteiger partial charge in [-0.3, -0.25) is 19.4 Å². The fourth-order valence-electron chi connectivity index (χ4n) is 1.26. The molecule has 1 aromatic carbocycles. The van der Waals surface area contributed by atoms with Crippen LogP contribution in [0.3, 0.4) is 0 Å². The summed E-state index contributed by atoms with van der Waals surface area (Å²) in [5.74, 6) is -0.0353. The third kappa shape index (κ3) is 3.55. The highest BCUT2D eigenvalue weighted by Crippen LogP contribution is 2.14. The summed E-state index contributed by atoms with van der Waals surface area (Å²) in [7, 11) is 0. The summed E-state index contributed by atoms with van der Waals surface area (Å²) in [4.78, 5) is 35.9. The molecule has 98 valence electrons. The Balaban J connectivity index is 2.04. The summed E-state index contributed by atoms with van der Waals surface area (Å²) >= 11 is 6.75. The number of carbonyl (C=O) groups excluding carboxylic acids is 1. The van der Waals surface area contributed by atoms with Gasteiger partial charge in [-0.05, 0) is 24.3 Å². The second-order valence-electron chi connectivity index (χ2n) is 3.53. The number of hydrogen-bond acceptors (Lipinski definition) is 5. The molecule has 2 N–H and O–H groups in total. The van der Waals surface area contributed by atoms with Gasteiger partial charge in [0.15, 0.2) is 10.9 Å². The fourth-order valence-corrected chi connectivity index (χ4v) is 2.09. The normalized spacial score (nSPS) is 10.4. The van der Waals surface area contributed by atoms with Crippen LogP contribution in [0.1, 0.15) is 10.4 Å². The molecule has 0 fully saturated rings. The zero-order valence-electron chi connectivity index (χ0n) is 9.47. The van der Waals surface area contributed by atoms with E-state index in [4.69, 9.17) is 11.6 Å². The number of rotatable bonds is 4. The molecule has 8 heteroatoms. The molecule has 0 radical (unpaired) electrons. The van der Waals surface area contributed by atoms with Gasteiger partial charge in [-0.1, -0.05) is 23.4 Å². The number of nitrogens with one attached hydrogen (secondary N) is 2. The first-order chi connectivity index (χ1) is 9.06. The van der Waals surface area contributed by atoms with Crippen molar-refractivity contribution in [2.75, 3.05) is 5.75 Å². The second kappa shape index (κ2) is 5.85. The van der Waals surface area contributed by atoms with Gasteiger partial charge in [0, 0.05) is 10.6 Å². The number of hydrogen-bond donors (Lipinski definition) is 2. The third-order valence-corrected chi connectivity index (χ3v) is 3.32. The van der Waals surface area contributed by atoms with Crippen LogP contribution in [-0.2, 0) is 0 Å². The van der Waals surface area contributed by atoms with Gasteiger partial charge in [-0.15, -0.1) is 5.10 Å². The lowest BCUT2D eigenvalue weighted by Crippen LogP contribution is -2.30. The molecule has 0 aliphatic rings. The first kappa shape index (κ1) is 13.6. The molecule has 1 aromatic heterocycles. The van der Waals surface area contributed by atoms with Crippen LogP contribution in [0.15, 0.2) is 39.0 Å². The van der Waals surface area contributed by atoms with Crippen molar-refractivity contribution in [3.05, 3.63) is 55.6 Å². The molecule has 0 bridgehead atoms. The number of benzene rings is 1. The Hall–Kier alpha value is -1.86. The summed E-state index contributed by atoms with van der Waals surface area (Å²) in [6.45, 7) is 0. The predicted molar refractivity (Wildman–Crippen MR) is 72.0 cm³/mol. The monoisotopic (exact) mass is 297 g/mol. The highest BCUT2D eigenvalue weighted by atomic mass is 35.5.